The number of hydrogen-bond acceptors (Lipinski definition) is 0. The van der Waals surface area contributed by atoms with Crippen LogP contribution in [0.4, 0.5) is 22.0 Å². The molecule has 0 aromatic heterocycles. The van der Waals surface area contributed by atoms with Gasteiger partial charge in [-0.2, -0.15) is 13.2 Å². The number of aryl methyl sites for hydroxylation is 1. The molecular weight excluding hydrogens is 203 g/mol. The van der Waals surface area contributed by atoms with Gasteiger partial charge in [0.05, 0.1) is 5.56 Å². The molecule has 1 aromatic rings. The van der Waals surface area contributed by atoms with Crippen LogP contribution in [0.15, 0.2) is 18.2 Å². The molecule has 0 unspecified atom stereocenters. The van der Waals surface area contributed by atoms with Gasteiger partial charge in [0.1, 0.15) is 0 Å². The van der Waals surface area contributed by atoms with E-state index < -0.39 is 23.7 Å². The van der Waals surface area contributed by atoms with E-state index >= 15 is 0 Å². The van der Waals surface area contributed by atoms with Crippen molar-refractivity contribution in [3.63, 3.8) is 0 Å². The fourth-order valence-corrected chi connectivity index (χ4v) is 1.11. The van der Waals surface area contributed by atoms with Crippen molar-refractivity contribution in [1.29, 1.82) is 0 Å². The second-order valence-electron chi connectivity index (χ2n) is 2.89. The Morgan fingerprint density at radius 1 is 1.14 bits per heavy atom. The molecule has 0 amide bonds. The first kappa shape index (κ1) is 10.9. The van der Waals surface area contributed by atoms with E-state index in [1.165, 1.54) is 13.0 Å². The Morgan fingerprint density at radius 2 is 1.71 bits per heavy atom. The van der Waals surface area contributed by atoms with Crippen molar-refractivity contribution in [2.75, 3.05) is 0 Å². The maximum Gasteiger partial charge on any atom is 0.416 e. The lowest BCUT2D eigenvalue weighted by Crippen LogP contribution is -2.09. The first-order valence-electron chi connectivity index (χ1n) is 3.78. The minimum absolute atomic E-state index is 0.307. The summed E-state index contributed by atoms with van der Waals surface area (Å²) in [4.78, 5) is 0. The molecule has 0 aliphatic heterocycles. The van der Waals surface area contributed by atoms with Crippen LogP contribution in [0, 0.1) is 6.92 Å². The molecule has 78 valence electrons. The Balaban J connectivity index is 3.30. The second kappa shape index (κ2) is 3.55. The van der Waals surface area contributed by atoms with Crippen molar-refractivity contribution in [3.8, 4) is 0 Å². The zero-order valence-electron chi connectivity index (χ0n) is 7.20. The number of rotatable bonds is 1. The molecule has 14 heavy (non-hydrogen) atoms. The van der Waals surface area contributed by atoms with E-state index in [0.717, 1.165) is 12.1 Å². The Bertz CT molecular complexity index is 326. The molecule has 0 bridgehead atoms. The molecule has 0 aliphatic rings. The van der Waals surface area contributed by atoms with E-state index in [4.69, 9.17) is 0 Å². The van der Waals surface area contributed by atoms with Gasteiger partial charge in [0.2, 0.25) is 0 Å². The average Bonchev–Trinajstić information content (AvgIpc) is 2.01. The smallest absolute Gasteiger partial charge is 0.205 e. The largest absolute Gasteiger partial charge is 0.416 e. The van der Waals surface area contributed by atoms with Gasteiger partial charge in [0, 0.05) is 5.56 Å². The van der Waals surface area contributed by atoms with Gasteiger partial charge < -0.3 is 0 Å². The number of halogens is 5. The Labute approximate surface area is 77.4 Å². The average molecular weight is 210 g/mol. The summed E-state index contributed by atoms with van der Waals surface area (Å²) < 4.78 is 61.1. The van der Waals surface area contributed by atoms with E-state index in [1.807, 2.05) is 0 Å². The lowest BCUT2D eigenvalue weighted by Gasteiger charge is -2.12. The Morgan fingerprint density at radius 3 is 2.14 bits per heavy atom. The highest BCUT2D eigenvalue weighted by atomic mass is 19.4. The fourth-order valence-electron chi connectivity index (χ4n) is 1.11. The molecule has 0 aliphatic carbocycles. The summed E-state index contributed by atoms with van der Waals surface area (Å²) in [5, 5.41) is 0. The van der Waals surface area contributed by atoms with Crippen molar-refractivity contribution in [2.24, 2.45) is 0 Å². The normalized spacial score (nSPS) is 12.2. The van der Waals surface area contributed by atoms with E-state index in [9.17, 15) is 22.0 Å². The predicted molar refractivity (Wildman–Crippen MR) is 41.1 cm³/mol. The van der Waals surface area contributed by atoms with E-state index in [2.05, 4.69) is 0 Å². The van der Waals surface area contributed by atoms with Crippen LogP contribution in [0.3, 0.4) is 0 Å². The van der Waals surface area contributed by atoms with E-state index in [-0.39, 0.29) is 0 Å². The van der Waals surface area contributed by atoms with Gasteiger partial charge in [-0.1, -0.05) is 17.7 Å². The second-order valence-corrected chi connectivity index (χ2v) is 2.89. The molecule has 5 heteroatoms. The third-order valence-electron chi connectivity index (χ3n) is 1.75. The number of benzene rings is 1. The Kier molecular flexibility index (Phi) is 2.78. The summed E-state index contributed by atoms with van der Waals surface area (Å²) in [6.45, 7) is 1.42. The monoisotopic (exact) mass is 210 g/mol. The van der Waals surface area contributed by atoms with Crippen LogP contribution in [0.5, 0.6) is 0 Å². The number of alkyl halides is 5. The standard InChI is InChI=1S/C9H7F5/c1-5-2-3-6(8(10)11)7(4-5)9(12,13)14/h2-4,8H,1H3. The summed E-state index contributed by atoms with van der Waals surface area (Å²) in [5.74, 6) is 0. The van der Waals surface area contributed by atoms with Crippen LogP contribution < -0.4 is 0 Å². The van der Waals surface area contributed by atoms with Gasteiger partial charge in [0.25, 0.3) is 6.43 Å². The maximum atomic E-state index is 12.3. The van der Waals surface area contributed by atoms with Crippen molar-refractivity contribution in [3.05, 3.63) is 34.9 Å². The van der Waals surface area contributed by atoms with Gasteiger partial charge >= 0.3 is 6.18 Å². The summed E-state index contributed by atoms with van der Waals surface area (Å²) in [6, 6.07) is 2.76. The van der Waals surface area contributed by atoms with Gasteiger partial charge in [-0.25, -0.2) is 8.78 Å². The van der Waals surface area contributed by atoms with Gasteiger partial charge in [-0.3, -0.25) is 0 Å². The first-order chi connectivity index (χ1) is 6.32. The highest BCUT2D eigenvalue weighted by molar-refractivity contribution is 5.34. The molecule has 1 rings (SSSR count). The molecule has 0 N–H and O–H groups in total. The summed E-state index contributed by atoms with van der Waals surface area (Å²) in [7, 11) is 0. The summed E-state index contributed by atoms with van der Waals surface area (Å²) in [5.41, 5.74) is -1.92. The third-order valence-corrected chi connectivity index (χ3v) is 1.75. The lowest BCUT2D eigenvalue weighted by molar-refractivity contribution is -0.139. The van der Waals surface area contributed by atoms with E-state index in [1.54, 1.807) is 0 Å². The first-order valence-corrected chi connectivity index (χ1v) is 3.78. The SMILES string of the molecule is Cc1ccc(C(F)F)c(C(F)(F)F)c1. The van der Waals surface area contributed by atoms with Crippen LogP contribution in [0.1, 0.15) is 23.1 Å². The minimum atomic E-state index is -4.72. The molecule has 0 radical (unpaired) electrons. The fraction of sp³-hybridized carbons (Fsp3) is 0.333. The molecule has 0 nitrogen and oxygen atoms in total. The summed E-state index contributed by atoms with van der Waals surface area (Å²) in [6.07, 6.45) is -7.83. The molecule has 0 atom stereocenters. The van der Waals surface area contributed by atoms with Crippen molar-refractivity contribution in [2.45, 2.75) is 19.5 Å². The zero-order valence-corrected chi connectivity index (χ0v) is 7.20. The molecule has 0 spiro atoms. The highest BCUT2D eigenvalue weighted by Gasteiger charge is 2.35. The summed E-state index contributed by atoms with van der Waals surface area (Å²) >= 11 is 0. The van der Waals surface area contributed by atoms with Crippen LogP contribution in [-0.4, -0.2) is 0 Å². The predicted octanol–water partition coefficient (Wildman–Crippen LogP) is 3.95. The number of hydrogen-bond donors (Lipinski definition) is 0. The Hall–Kier alpha value is -1.13. The van der Waals surface area contributed by atoms with Crippen LogP contribution >= 0.6 is 0 Å². The topological polar surface area (TPSA) is 0 Å². The van der Waals surface area contributed by atoms with Gasteiger partial charge in [-0.15, -0.1) is 0 Å². The van der Waals surface area contributed by atoms with Crippen molar-refractivity contribution < 1.29 is 22.0 Å². The van der Waals surface area contributed by atoms with Crippen LogP contribution in [-0.2, 0) is 6.18 Å². The molecule has 0 heterocycles. The van der Waals surface area contributed by atoms with Crippen LogP contribution in [0.25, 0.3) is 0 Å². The van der Waals surface area contributed by atoms with Crippen molar-refractivity contribution >= 4 is 0 Å². The molecule has 1 aromatic carbocycles. The minimum Gasteiger partial charge on any atom is -0.205 e. The molecule has 0 saturated carbocycles. The van der Waals surface area contributed by atoms with Crippen molar-refractivity contribution in [1.82, 2.24) is 0 Å². The quantitative estimate of drug-likeness (QED) is 0.615. The molecule has 0 fully saturated rings. The van der Waals surface area contributed by atoms with Crippen LogP contribution in [0.2, 0.25) is 0 Å². The van der Waals surface area contributed by atoms with Gasteiger partial charge in [0.15, 0.2) is 0 Å². The lowest BCUT2D eigenvalue weighted by atomic mass is 10.0. The zero-order chi connectivity index (χ0) is 10.9. The van der Waals surface area contributed by atoms with E-state index in [0.29, 0.717) is 5.56 Å². The molecular formula is C9H7F5. The third kappa shape index (κ3) is 2.21. The van der Waals surface area contributed by atoms with Gasteiger partial charge in [-0.05, 0) is 13.0 Å². The highest BCUT2D eigenvalue weighted by Crippen LogP contribution is 2.36. The maximum absolute atomic E-state index is 12.3. The molecule has 0 saturated heterocycles.